The molecule has 3 rings (SSSR count). The van der Waals surface area contributed by atoms with Crippen LogP contribution in [0.5, 0.6) is 0 Å². The molecule has 1 saturated heterocycles. The Morgan fingerprint density at radius 2 is 1.75 bits per heavy atom. The van der Waals surface area contributed by atoms with Crippen LogP contribution in [0, 0.1) is 0 Å². The third kappa shape index (κ3) is 6.97. The van der Waals surface area contributed by atoms with E-state index in [0.717, 1.165) is 17.7 Å². The second-order valence-electron chi connectivity index (χ2n) is 7.75. The molecule has 0 radical (unpaired) electrons. The normalized spacial score (nSPS) is 15.3. The maximum Gasteiger partial charge on any atom is 0.416 e. The molecule has 1 fully saturated rings. The zero-order valence-electron chi connectivity index (χ0n) is 17.5. The zero-order valence-corrected chi connectivity index (χ0v) is 18.3. The molecule has 0 spiro atoms. The van der Waals surface area contributed by atoms with Crippen molar-refractivity contribution in [3.05, 3.63) is 70.2 Å². The highest BCUT2D eigenvalue weighted by atomic mass is 35.5. The van der Waals surface area contributed by atoms with Gasteiger partial charge in [-0.2, -0.15) is 13.2 Å². The van der Waals surface area contributed by atoms with Crippen LogP contribution in [0.3, 0.4) is 0 Å². The van der Waals surface area contributed by atoms with Crippen molar-refractivity contribution >= 4 is 23.4 Å². The summed E-state index contributed by atoms with van der Waals surface area (Å²) < 4.78 is 38.9. The van der Waals surface area contributed by atoms with Gasteiger partial charge in [0.25, 0.3) is 0 Å². The van der Waals surface area contributed by atoms with Gasteiger partial charge in [-0.3, -0.25) is 14.5 Å². The van der Waals surface area contributed by atoms with Crippen LogP contribution in [-0.4, -0.2) is 54.3 Å². The number of nitrogens with zero attached hydrogens (tertiary/aromatic N) is 2. The molecule has 32 heavy (non-hydrogen) atoms. The minimum Gasteiger partial charge on any atom is -0.351 e. The Balaban J connectivity index is 1.50. The van der Waals surface area contributed by atoms with E-state index in [-0.39, 0.29) is 35.4 Å². The van der Waals surface area contributed by atoms with Crippen LogP contribution >= 0.6 is 11.6 Å². The van der Waals surface area contributed by atoms with Crippen LogP contribution in [0.2, 0.25) is 5.02 Å². The van der Waals surface area contributed by atoms with Crippen molar-refractivity contribution in [3.63, 3.8) is 0 Å². The summed E-state index contributed by atoms with van der Waals surface area (Å²) in [6.45, 7) is 2.75. The molecule has 0 unspecified atom stereocenters. The fourth-order valence-electron chi connectivity index (χ4n) is 3.60. The summed E-state index contributed by atoms with van der Waals surface area (Å²) in [5, 5.41) is 3.03. The predicted octanol–water partition coefficient (Wildman–Crippen LogP) is 3.75. The number of rotatable bonds is 6. The molecule has 0 bridgehead atoms. The van der Waals surface area contributed by atoms with Gasteiger partial charge in [0.1, 0.15) is 0 Å². The third-order valence-corrected chi connectivity index (χ3v) is 5.72. The molecule has 2 aromatic rings. The van der Waals surface area contributed by atoms with E-state index >= 15 is 0 Å². The summed E-state index contributed by atoms with van der Waals surface area (Å²) in [5.41, 5.74) is 0.350. The standard InChI is InChI=1S/C23H25ClF3N3O2/c24-20-8-7-19(23(25,26)27)13-18(20)14-22(32)30-10-4-9-29(11-12-30)16-21(31)28-15-17-5-2-1-3-6-17/h1-3,5-8,13H,4,9-12,14-16H2,(H,28,31). The third-order valence-electron chi connectivity index (χ3n) is 5.36. The Labute approximate surface area is 190 Å². The first-order valence-electron chi connectivity index (χ1n) is 10.4. The van der Waals surface area contributed by atoms with Crippen LogP contribution in [0.25, 0.3) is 0 Å². The second kappa shape index (κ2) is 10.8. The summed E-state index contributed by atoms with van der Waals surface area (Å²) in [5.74, 6) is -0.369. The quantitative estimate of drug-likeness (QED) is 0.704. The molecular weight excluding hydrogens is 443 g/mol. The van der Waals surface area contributed by atoms with E-state index in [0.29, 0.717) is 39.1 Å². The average molecular weight is 468 g/mol. The molecule has 1 aliphatic heterocycles. The van der Waals surface area contributed by atoms with Crippen molar-refractivity contribution in [2.75, 3.05) is 32.7 Å². The van der Waals surface area contributed by atoms with Gasteiger partial charge in [0, 0.05) is 37.7 Å². The number of amides is 2. The van der Waals surface area contributed by atoms with Gasteiger partial charge in [0.15, 0.2) is 0 Å². The molecule has 0 saturated carbocycles. The first-order valence-corrected chi connectivity index (χ1v) is 10.8. The lowest BCUT2D eigenvalue weighted by atomic mass is 10.1. The van der Waals surface area contributed by atoms with E-state index in [1.54, 1.807) is 4.90 Å². The minimum atomic E-state index is -4.49. The van der Waals surface area contributed by atoms with Crippen molar-refractivity contribution in [2.24, 2.45) is 0 Å². The molecule has 0 aromatic heterocycles. The number of hydrogen-bond acceptors (Lipinski definition) is 3. The Hall–Kier alpha value is -2.58. The second-order valence-corrected chi connectivity index (χ2v) is 8.16. The summed E-state index contributed by atoms with van der Waals surface area (Å²) in [7, 11) is 0. The summed E-state index contributed by atoms with van der Waals surface area (Å²) in [4.78, 5) is 28.6. The lowest BCUT2D eigenvalue weighted by Gasteiger charge is -2.22. The maximum absolute atomic E-state index is 13.0. The molecule has 5 nitrogen and oxygen atoms in total. The number of nitrogens with one attached hydrogen (secondary N) is 1. The van der Waals surface area contributed by atoms with Gasteiger partial charge >= 0.3 is 6.18 Å². The topological polar surface area (TPSA) is 52.7 Å². The molecule has 2 amide bonds. The number of hydrogen-bond donors (Lipinski definition) is 1. The van der Waals surface area contributed by atoms with Crippen molar-refractivity contribution in [1.82, 2.24) is 15.1 Å². The van der Waals surface area contributed by atoms with Crippen LogP contribution in [0.1, 0.15) is 23.1 Å². The lowest BCUT2D eigenvalue weighted by Crippen LogP contribution is -2.40. The number of benzene rings is 2. The Morgan fingerprint density at radius 3 is 2.47 bits per heavy atom. The van der Waals surface area contributed by atoms with Crippen LogP contribution < -0.4 is 5.32 Å². The van der Waals surface area contributed by atoms with Crippen molar-refractivity contribution in [1.29, 1.82) is 0 Å². The molecule has 0 atom stereocenters. The summed E-state index contributed by atoms with van der Waals surface area (Å²) >= 11 is 6.03. The lowest BCUT2D eigenvalue weighted by molar-refractivity contribution is -0.138. The monoisotopic (exact) mass is 467 g/mol. The summed E-state index contributed by atoms with van der Waals surface area (Å²) in [6.07, 6.45) is -4.01. The molecule has 172 valence electrons. The van der Waals surface area contributed by atoms with E-state index in [2.05, 4.69) is 5.32 Å². The van der Waals surface area contributed by atoms with Crippen molar-refractivity contribution in [3.8, 4) is 0 Å². The largest absolute Gasteiger partial charge is 0.416 e. The molecule has 2 aromatic carbocycles. The Morgan fingerprint density at radius 1 is 1.00 bits per heavy atom. The Kier molecular flexibility index (Phi) is 8.15. The van der Waals surface area contributed by atoms with Gasteiger partial charge in [-0.25, -0.2) is 0 Å². The SMILES string of the molecule is O=C(CN1CCCN(C(=O)Cc2cc(C(F)(F)F)ccc2Cl)CC1)NCc1ccccc1. The zero-order chi connectivity index (χ0) is 23.1. The highest BCUT2D eigenvalue weighted by Gasteiger charge is 2.31. The fraction of sp³-hybridized carbons (Fsp3) is 0.391. The van der Waals surface area contributed by atoms with E-state index in [1.165, 1.54) is 6.07 Å². The van der Waals surface area contributed by atoms with E-state index in [9.17, 15) is 22.8 Å². The van der Waals surface area contributed by atoms with Crippen LogP contribution in [0.4, 0.5) is 13.2 Å². The smallest absolute Gasteiger partial charge is 0.351 e. The molecule has 9 heteroatoms. The van der Waals surface area contributed by atoms with Gasteiger partial charge in [0.2, 0.25) is 11.8 Å². The summed E-state index contributed by atoms with van der Waals surface area (Å²) in [6, 6.07) is 12.6. The number of alkyl halides is 3. The Bertz CT molecular complexity index is 938. The van der Waals surface area contributed by atoms with E-state index in [4.69, 9.17) is 11.6 Å². The van der Waals surface area contributed by atoms with Crippen LogP contribution in [0.15, 0.2) is 48.5 Å². The number of carbonyl (C=O) groups excluding carboxylic acids is 2. The van der Waals surface area contributed by atoms with Gasteiger partial charge in [-0.1, -0.05) is 41.9 Å². The van der Waals surface area contributed by atoms with Crippen molar-refractivity contribution in [2.45, 2.75) is 25.6 Å². The van der Waals surface area contributed by atoms with Crippen molar-refractivity contribution < 1.29 is 22.8 Å². The molecule has 1 N–H and O–H groups in total. The predicted molar refractivity (Wildman–Crippen MR) is 116 cm³/mol. The van der Waals surface area contributed by atoms with Gasteiger partial charge in [-0.15, -0.1) is 0 Å². The highest BCUT2D eigenvalue weighted by Crippen LogP contribution is 2.32. The number of halogens is 4. The van der Waals surface area contributed by atoms with E-state index in [1.807, 2.05) is 35.2 Å². The minimum absolute atomic E-state index is 0.0932. The molecular formula is C23H25ClF3N3O2. The van der Waals surface area contributed by atoms with E-state index < -0.39 is 11.7 Å². The molecule has 1 heterocycles. The maximum atomic E-state index is 13.0. The molecule has 0 aliphatic carbocycles. The highest BCUT2D eigenvalue weighted by molar-refractivity contribution is 6.31. The van der Waals surface area contributed by atoms with Gasteiger partial charge in [-0.05, 0) is 35.7 Å². The molecule has 1 aliphatic rings. The first-order chi connectivity index (χ1) is 15.2. The van der Waals surface area contributed by atoms with Gasteiger partial charge in [0.05, 0.1) is 18.5 Å². The van der Waals surface area contributed by atoms with Gasteiger partial charge < -0.3 is 10.2 Å². The van der Waals surface area contributed by atoms with Crippen LogP contribution in [-0.2, 0) is 28.7 Å². The average Bonchev–Trinajstić information content (AvgIpc) is 2.99. The fourth-order valence-corrected chi connectivity index (χ4v) is 3.78. The first kappa shape index (κ1) is 24.1. The number of carbonyl (C=O) groups is 2.